The third kappa shape index (κ3) is 7.13. The molecule has 5 nitrogen and oxygen atoms in total. The van der Waals surface area contributed by atoms with Crippen LogP contribution in [0.5, 0.6) is 5.75 Å². The number of amides is 2. The Labute approximate surface area is 195 Å². The SMILES string of the molecule is CC[C@@H](C)NC(=O)[C@@H](C)N(Cc1cccc(Br)c1)C(=O)COc1ccc(Br)c(C)c1. The van der Waals surface area contributed by atoms with Crippen molar-refractivity contribution < 1.29 is 14.3 Å². The van der Waals surface area contributed by atoms with Crippen molar-refractivity contribution in [3.63, 3.8) is 0 Å². The van der Waals surface area contributed by atoms with E-state index in [1.807, 2.05) is 63.2 Å². The molecule has 0 fully saturated rings. The first-order valence-electron chi connectivity index (χ1n) is 9.94. The van der Waals surface area contributed by atoms with Gasteiger partial charge in [0.05, 0.1) is 0 Å². The number of rotatable bonds is 9. The van der Waals surface area contributed by atoms with Crippen LogP contribution in [0.25, 0.3) is 0 Å². The number of aryl methyl sites for hydroxylation is 1. The minimum absolute atomic E-state index is 0.0461. The molecule has 2 atom stereocenters. The summed E-state index contributed by atoms with van der Waals surface area (Å²) in [4.78, 5) is 27.3. The largest absolute Gasteiger partial charge is 0.484 e. The average molecular weight is 540 g/mol. The Bertz CT molecular complexity index is 889. The molecule has 162 valence electrons. The standard InChI is InChI=1S/C23H28Br2N2O3/c1-5-16(3)26-23(29)17(4)27(13-18-7-6-8-19(24)12-18)22(28)14-30-20-9-10-21(25)15(2)11-20/h6-12,16-17H,5,13-14H2,1-4H3,(H,26,29)/t16-,17-/m1/s1. The van der Waals surface area contributed by atoms with E-state index in [1.165, 1.54) is 0 Å². The number of nitrogens with zero attached hydrogens (tertiary/aromatic N) is 1. The van der Waals surface area contributed by atoms with Crippen molar-refractivity contribution in [3.8, 4) is 5.75 Å². The lowest BCUT2D eigenvalue weighted by molar-refractivity contribution is -0.142. The molecule has 0 aliphatic heterocycles. The lowest BCUT2D eigenvalue weighted by Gasteiger charge is -2.29. The van der Waals surface area contributed by atoms with E-state index in [0.29, 0.717) is 12.3 Å². The highest BCUT2D eigenvalue weighted by atomic mass is 79.9. The monoisotopic (exact) mass is 538 g/mol. The molecule has 0 bridgehead atoms. The van der Waals surface area contributed by atoms with E-state index in [1.54, 1.807) is 11.8 Å². The van der Waals surface area contributed by atoms with E-state index in [2.05, 4.69) is 37.2 Å². The summed E-state index contributed by atoms with van der Waals surface area (Å²) >= 11 is 6.92. The molecule has 2 aromatic carbocycles. The fraction of sp³-hybridized carbons (Fsp3) is 0.391. The molecule has 0 aliphatic carbocycles. The molecule has 0 aromatic heterocycles. The van der Waals surface area contributed by atoms with Crippen molar-refractivity contribution in [2.24, 2.45) is 0 Å². The molecule has 1 N–H and O–H groups in total. The molecular weight excluding hydrogens is 512 g/mol. The third-order valence-electron chi connectivity index (χ3n) is 4.90. The molecule has 0 radical (unpaired) electrons. The minimum Gasteiger partial charge on any atom is -0.484 e. The highest BCUT2D eigenvalue weighted by Gasteiger charge is 2.27. The van der Waals surface area contributed by atoms with Crippen LogP contribution >= 0.6 is 31.9 Å². The topological polar surface area (TPSA) is 58.6 Å². The molecule has 7 heteroatoms. The van der Waals surface area contributed by atoms with Gasteiger partial charge in [0.1, 0.15) is 11.8 Å². The van der Waals surface area contributed by atoms with Crippen molar-refractivity contribution in [2.75, 3.05) is 6.61 Å². The highest BCUT2D eigenvalue weighted by molar-refractivity contribution is 9.10. The van der Waals surface area contributed by atoms with Crippen LogP contribution in [-0.4, -0.2) is 35.4 Å². The van der Waals surface area contributed by atoms with Crippen molar-refractivity contribution in [1.82, 2.24) is 10.2 Å². The number of carbonyl (C=O) groups excluding carboxylic acids is 2. The Kier molecular flexibility index (Phi) is 9.37. The first-order valence-corrected chi connectivity index (χ1v) is 11.5. The predicted octanol–water partition coefficient (Wildman–Crippen LogP) is 5.23. The summed E-state index contributed by atoms with van der Waals surface area (Å²) in [7, 11) is 0. The second kappa shape index (κ2) is 11.5. The summed E-state index contributed by atoms with van der Waals surface area (Å²) in [6, 6.07) is 12.7. The van der Waals surface area contributed by atoms with Crippen molar-refractivity contribution in [3.05, 3.63) is 62.5 Å². The Hall–Kier alpha value is -1.86. The lowest BCUT2D eigenvalue weighted by atomic mass is 10.1. The summed E-state index contributed by atoms with van der Waals surface area (Å²) in [5, 5.41) is 2.96. The van der Waals surface area contributed by atoms with E-state index < -0.39 is 6.04 Å². The summed E-state index contributed by atoms with van der Waals surface area (Å²) in [6.07, 6.45) is 0.823. The van der Waals surface area contributed by atoms with E-state index in [4.69, 9.17) is 4.74 Å². The first kappa shape index (κ1) is 24.4. The van der Waals surface area contributed by atoms with Gasteiger partial charge in [-0.05, 0) is 68.7 Å². The van der Waals surface area contributed by atoms with Gasteiger partial charge >= 0.3 is 0 Å². The zero-order valence-electron chi connectivity index (χ0n) is 17.7. The zero-order chi connectivity index (χ0) is 22.3. The van der Waals surface area contributed by atoms with E-state index >= 15 is 0 Å². The van der Waals surface area contributed by atoms with Crippen molar-refractivity contribution in [1.29, 1.82) is 0 Å². The zero-order valence-corrected chi connectivity index (χ0v) is 20.9. The number of ether oxygens (including phenoxy) is 1. The predicted molar refractivity (Wildman–Crippen MR) is 126 cm³/mol. The molecule has 30 heavy (non-hydrogen) atoms. The van der Waals surface area contributed by atoms with Gasteiger partial charge in [-0.15, -0.1) is 0 Å². The Morgan fingerprint density at radius 2 is 1.87 bits per heavy atom. The van der Waals surface area contributed by atoms with Gasteiger partial charge in [0.2, 0.25) is 5.91 Å². The third-order valence-corrected chi connectivity index (χ3v) is 6.28. The number of hydrogen-bond acceptors (Lipinski definition) is 3. The Balaban J connectivity index is 2.16. The van der Waals surface area contributed by atoms with Crippen LogP contribution in [0.3, 0.4) is 0 Å². The molecule has 0 heterocycles. The van der Waals surface area contributed by atoms with Crippen LogP contribution in [0.2, 0.25) is 0 Å². The van der Waals surface area contributed by atoms with Crippen LogP contribution in [0.15, 0.2) is 51.4 Å². The Morgan fingerprint density at radius 1 is 1.13 bits per heavy atom. The molecule has 2 aromatic rings. The summed E-state index contributed by atoms with van der Waals surface area (Å²) in [5.41, 5.74) is 1.95. The Morgan fingerprint density at radius 3 is 2.50 bits per heavy atom. The fourth-order valence-corrected chi connectivity index (χ4v) is 3.51. The summed E-state index contributed by atoms with van der Waals surface area (Å²) in [6.45, 7) is 7.83. The van der Waals surface area contributed by atoms with Gasteiger partial charge in [0, 0.05) is 21.5 Å². The molecule has 0 aliphatic rings. The molecule has 2 amide bonds. The van der Waals surface area contributed by atoms with Crippen LogP contribution < -0.4 is 10.1 Å². The normalized spacial score (nSPS) is 12.7. The smallest absolute Gasteiger partial charge is 0.261 e. The fourth-order valence-electron chi connectivity index (χ4n) is 2.82. The van der Waals surface area contributed by atoms with Gasteiger partial charge in [0.25, 0.3) is 5.91 Å². The summed E-state index contributed by atoms with van der Waals surface area (Å²) in [5.74, 6) is 0.192. The van der Waals surface area contributed by atoms with Gasteiger partial charge in [-0.25, -0.2) is 0 Å². The van der Waals surface area contributed by atoms with Gasteiger partial charge in [-0.1, -0.05) is 50.9 Å². The van der Waals surface area contributed by atoms with Gasteiger partial charge < -0.3 is 15.0 Å². The maximum Gasteiger partial charge on any atom is 0.261 e. The molecular formula is C23H28Br2N2O3. The maximum atomic E-state index is 13.1. The number of nitrogens with one attached hydrogen (secondary N) is 1. The van der Waals surface area contributed by atoms with Gasteiger partial charge in [0.15, 0.2) is 6.61 Å². The molecule has 2 rings (SSSR count). The number of halogens is 2. The molecule has 0 spiro atoms. The quantitative estimate of drug-likeness (QED) is 0.474. The van der Waals surface area contributed by atoms with Gasteiger partial charge in [-0.3, -0.25) is 9.59 Å². The second-order valence-corrected chi connectivity index (χ2v) is 9.12. The van der Waals surface area contributed by atoms with Crippen molar-refractivity contribution >= 4 is 43.7 Å². The van der Waals surface area contributed by atoms with Crippen LogP contribution in [-0.2, 0) is 16.1 Å². The van der Waals surface area contributed by atoms with Crippen LogP contribution in [0.4, 0.5) is 0 Å². The molecule has 0 unspecified atom stereocenters. The first-order chi connectivity index (χ1) is 14.2. The van der Waals surface area contributed by atoms with Gasteiger partial charge in [-0.2, -0.15) is 0 Å². The summed E-state index contributed by atoms with van der Waals surface area (Å²) < 4.78 is 7.63. The van der Waals surface area contributed by atoms with Crippen molar-refractivity contribution in [2.45, 2.75) is 52.7 Å². The molecule has 0 saturated heterocycles. The maximum absolute atomic E-state index is 13.1. The minimum atomic E-state index is -0.624. The van der Waals surface area contributed by atoms with E-state index in [9.17, 15) is 9.59 Å². The number of carbonyl (C=O) groups is 2. The second-order valence-electron chi connectivity index (χ2n) is 7.35. The molecule has 0 saturated carbocycles. The van der Waals surface area contributed by atoms with E-state index in [-0.39, 0.29) is 24.5 Å². The van der Waals surface area contributed by atoms with Crippen LogP contribution in [0, 0.1) is 6.92 Å². The highest BCUT2D eigenvalue weighted by Crippen LogP contribution is 2.22. The number of benzene rings is 2. The average Bonchev–Trinajstić information content (AvgIpc) is 2.72. The van der Waals surface area contributed by atoms with Crippen LogP contribution in [0.1, 0.15) is 38.3 Å². The lowest BCUT2D eigenvalue weighted by Crippen LogP contribution is -2.50. The van der Waals surface area contributed by atoms with E-state index in [0.717, 1.165) is 26.5 Å². The number of hydrogen-bond donors (Lipinski definition) is 1.